The highest BCUT2D eigenvalue weighted by atomic mass is 32.1. The average Bonchev–Trinajstić information content (AvgIpc) is 2.73. The van der Waals surface area contributed by atoms with Gasteiger partial charge in [0.25, 0.3) is 0 Å². The zero-order valence-corrected chi connectivity index (χ0v) is 10.8. The van der Waals surface area contributed by atoms with Crippen LogP contribution in [0.3, 0.4) is 0 Å². The second-order valence-electron chi connectivity index (χ2n) is 4.10. The molecule has 1 rings (SSSR count). The van der Waals surface area contributed by atoms with Crippen molar-refractivity contribution in [3.05, 3.63) is 21.9 Å². The Hall–Kier alpha value is -0.340. The van der Waals surface area contributed by atoms with E-state index in [0.29, 0.717) is 5.92 Å². The molecule has 1 N–H and O–H groups in total. The van der Waals surface area contributed by atoms with Crippen LogP contribution < -0.4 is 0 Å². The summed E-state index contributed by atoms with van der Waals surface area (Å²) in [5.74, 6) is 0.659. The molecule has 1 heterocycles. The first-order valence-corrected chi connectivity index (χ1v) is 6.85. The molecule has 0 radical (unpaired) electrons. The van der Waals surface area contributed by atoms with E-state index in [1.807, 2.05) is 0 Å². The monoisotopic (exact) mass is 226 g/mol. The van der Waals surface area contributed by atoms with Crippen LogP contribution in [0.5, 0.6) is 0 Å². The second kappa shape index (κ2) is 6.29. The molecule has 1 nitrogen and oxygen atoms in total. The van der Waals surface area contributed by atoms with E-state index in [1.54, 1.807) is 11.3 Å². The van der Waals surface area contributed by atoms with Gasteiger partial charge in [-0.25, -0.2) is 0 Å². The Balaban J connectivity index is 2.63. The highest BCUT2D eigenvalue weighted by Gasteiger charge is 2.16. The van der Waals surface area contributed by atoms with Crippen molar-refractivity contribution in [1.29, 1.82) is 0 Å². The van der Waals surface area contributed by atoms with Gasteiger partial charge in [-0.15, -0.1) is 11.3 Å². The fourth-order valence-corrected chi connectivity index (χ4v) is 2.97. The maximum absolute atomic E-state index is 10.2. The largest absolute Gasteiger partial charge is 0.388 e. The number of hydrogen-bond donors (Lipinski definition) is 1. The van der Waals surface area contributed by atoms with Gasteiger partial charge < -0.3 is 5.11 Å². The van der Waals surface area contributed by atoms with Crippen LogP contribution in [0, 0.1) is 5.92 Å². The third-order valence-electron chi connectivity index (χ3n) is 3.18. The van der Waals surface area contributed by atoms with Crippen molar-refractivity contribution < 1.29 is 5.11 Å². The van der Waals surface area contributed by atoms with Crippen LogP contribution in [0.25, 0.3) is 0 Å². The van der Waals surface area contributed by atoms with Gasteiger partial charge >= 0.3 is 0 Å². The lowest BCUT2D eigenvalue weighted by atomic mass is 9.94. The minimum Gasteiger partial charge on any atom is -0.388 e. The van der Waals surface area contributed by atoms with Crippen molar-refractivity contribution in [2.45, 2.75) is 52.6 Å². The normalized spacial score (nSPS) is 13.4. The Morgan fingerprint density at radius 2 is 1.93 bits per heavy atom. The molecule has 0 aliphatic carbocycles. The Morgan fingerprint density at radius 1 is 1.27 bits per heavy atom. The molecule has 0 saturated carbocycles. The Labute approximate surface area is 97.2 Å². The van der Waals surface area contributed by atoms with Crippen LogP contribution in [0.1, 0.15) is 56.6 Å². The molecule has 2 heteroatoms. The molecule has 0 aliphatic rings. The third kappa shape index (κ3) is 3.32. The summed E-state index contributed by atoms with van der Waals surface area (Å²) >= 11 is 1.70. The summed E-state index contributed by atoms with van der Waals surface area (Å²) in [7, 11) is 0. The van der Waals surface area contributed by atoms with E-state index in [0.717, 1.165) is 12.8 Å². The second-order valence-corrected chi connectivity index (χ2v) is 5.05. The van der Waals surface area contributed by atoms with Crippen LogP contribution in [0.2, 0.25) is 0 Å². The molecular weight excluding hydrogens is 204 g/mol. The van der Waals surface area contributed by atoms with Gasteiger partial charge in [0, 0.05) is 4.88 Å². The lowest BCUT2D eigenvalue weighted by molar-refractivity contribution is 0.144. The first-order valence-electron chi connectivity index (χ1n) is 5.97. The van der Waals surface area contributed by atoms with Crippen LogP contribution >= 0.6 is 11.3 Å². The molecule has 15 heavy (non-hydrogen) atoms. The topological polar surface area (TPSA) is 20.2 Å². The quantitative estimate of drug-likeness (QED) is 0.772. The number of aliphatic hydroxyl groups is 1. The molecule has 0 fully saturated rings. The summed E-state index contributed by atoms with van der Waals surface area (Å²) in [5.41, 5.74) is 1.32. The molecule has 0 aliphatic heterocycles. The molecule has 1 unspecified atom stereocenters. The number of aryl methyl sites for hydroxylation is 1. The highest BCUT2D eigenvalue weighted by Crippen LogP contribution is 2.31. The summed E-state index contributed by atoms with van der Waals surface area (Å²) < 4.78 is 0. The summed E-state index contributed by atoms with van der Waals surface area (Å²) in [6.07, 6.45) is 4.03. The first-order chi connectivity index (χ1) is 7.22. The van der Waals surface area contributed by atoms with Gasteiger partial charge in [-0.05, 0) is 35.8 Å². The number of thiophene rings is 1. The van der Waals surface area contributed by atoms with Crippen molar-refractivity contribution >= 4 is 11.3 Å². The van der Waals surface area contributed by atoms with Crippen LogP contribution in [-0.2, 0) is 6.42 Å². The SMILES string of the molecule is CCc1ccsc1C(O)CC(CC)CC. The van der Waals surface area contributed by atoms with E-state index < -0.39 is 0 Å². The average molecular weight is 226 g/mol. The Bertz CT molecular complexity index is 276. The number of hydrogen-bond acceptors (Lipinski definition) is 2. The van der Waals surface area contributed by atoms with Crippen molar-refractivity contribution in [3.63, 3.8) is 0 Å². The fraction of sp³-hybridized carbons (Fsp3) is 0.692. The molecule has 86 valence electrons. The van der Waals surface area contributed by atoms with Gasteiger partial charge in [-0.1, -0.05) is 33.6 Å². The van der Waals surface area contributed by atoms with Crippen molar-refractivity contribution in [2.75, 3.05) is 0 Å². The molecule has 0 amide bonds. The van der Waals surface area contributed by atoms with Crippen LogP contribution in [0.15, 0.2) is 11.4 Å². The molecule has 0 aromatic carbocycles. The van der Waals surface area contributed by atoms with Gasteiger partial charge in [0.05, 0.1) is 6.10 Å². The molecule has 0 saturated heterocycles. The van der Waals surface area contributed by atoms with Crippen LogP contribution in [0.4, 0.5) is 0 Å². The van der Waals surface area contributed by atoms with Gasteiger partial charge in [0.1, 0.15) is 0 Å². The minimum absolute atomic E-state index is 0.246. The summed E-state index contributed by atoms with van der Waals surface area (Å²) in [4.78, 5) is 1.18. The smallest absolute Gasteiger partial charge is 0.0887 e. The van der Waals surface area contributed by atoms with E-state index in [-0.39, 0.29) is 6.10 Å². The zero-order valence-electron chi connectivity index (χ0n) is 9.99. The molecule has 1 atom stereocenters. The summed E-state index contributed by atoms with van der Waals surface area (Å²) in [6.45, 7) is 6.56. The van der Waals surface area contributed by atoms with Gasteiger partial charge in [0.15, 0.2) is 0 Å². The predicted octanol–water partition coefficient (Wildman–Crippen LogP) is 4.17. The van der Waals surface area contributed by atoms with Gasteiger partial charge in [0.2, 0.25) is 0 Å². The fourth-order valence-electron chi connectivity index (χ4n) is 1.98. The Kier molecular flexibility index (Phi) is 5.34. The number of aliphatic hydroxyl groups excluding tert-OH is 1. The van der Waals surface area contributed by atoms with Gasteiger partial charge in [-0.2, -0.15) is 0 Å². The van der Waals surface area contributed by atoms with Crippen molar-refractivity contribution in [3.8, 4) is 0 Å². The molecular formula is C13H22OS. The Morgan fingerprint density at radius 3 is 2.47 bits per heavy atom. The van der Waals surface area contributed by atoms with E-state index in [9.17, 15) is 5.11 Å². The lowest BCUT2D eigenvalue weighted by Crippen LogP contribution is -2.06. The minimum atomic E-state index is -0.246. The van der Waals surface area contributed by atoms with E-state index in [4.69, 9.17) is 0 Å². The zero-order chi connectivity index (χ0) is 11.3. The first kappa shape index (κ1) is 12.7. The maximum Gasteiger partial charge on any atom is 0.0887 e. The molecule has 1 aromatic rings. The molecule has 0 spiro atoms. The lowest BCUT2D eigenvalue weighted by Gasteiger charge is -2.17. The third-order valence-corrected chi connectivity index (χ3v) is 4.24. The number of rotatable bonds is 6. The summed E-state index contributed by atoms with van der Waals surface area (Å²) in [6, 6.07) is 2.14. The van der Waals surface area contributed by atoms with E-state index >= 15 is 0 Å². The standard InChI is InChI=1S/C13H22OS/c1-4-10(5-2)9-12(14)13-11(6-3)7-8-15-13/h7-8,10,12,14H,4-6,9H2,1-3H3. The van der Waals surface area contributed by atoms with E-state index in [2.05, 4.69) is 32.2 Å². The maximum atomic E-state index is 10.2. The molecule has 1 aromatic heterocycles. The van der Waals surface area contributed by atoms with Gasteiger partial charge in [-0.3, -0.25) is 0 Å². The molecule has 0 bridgehead atoms. The highest BCUT2D eigenvalue weighted by molar-refractivity contribution is 7.10. The summed E-state index contributed by atoms with van der Waals surface area (Å²) in [5, 5.41) is 12.3. The van der Waals surface area contributed by atoms with Crippen LogP contribution in [-0.4, -0.2) is 5.11 Å². The van der Waals surface area contributed by atoms with Crippen molar-refractivity contribution in [2.24, 2.45) is 5.92 Å². The predicted molar refractivity (Wildman–Crippen MR) is 67.3 cm³/mol. The van der Waals surface area contributed by atoms with E-state index in [1.165, 1.54) is 23.3 Å². The van der Waals surface area contributed by atoms with Crippen molar-refractivity contribution in [1.82, 2.24) is 0 Å².